The van der Waals surface area contributed by atoms with E-state index in [0.717, 1.165) is 18.8 Å². The average molecular weight is 173 g/mol. The lowest BCUT2D eigenvalue weighted by molar-refractivity contribution is -0.134. The van der Waals surface area contributed by atoms with Crippen molar-refractivity contribution in [3.63, 3.8) is 0 Å². The molecule has 0 aromatic heterocycles. The fourth-order valence-electron chi connectivity index (χ4n) is 1.43. The van der Waals surface area contributed by atoms with Gasteiger partial charge in [0.05, 0.1) is 0 Å². The van der Waals surface area contributed by atoms with Crippen molar-refractivity contribution in [2.45, 2.75) is 27.2 Å². The number of piperidine rings is 1. The SMILES string of the molecule is CC(=O)O.CC1CNCC(C)C1. The Morgan fingerprint density at radius 1 is 1.33 bits per heavy atom. The zero-order valence-electron chi connectivity index (χ0n) is 8.13. The molecule has 0 spiro atoms. The first kappa shape index (κ1) is 11.4. The molecule has 1 aliphatic heterocycles. The van der Waals surface area contributed by atoms with Gasteiger partial charge >= 0.3 is 0 Å². The Kier molecular flexibility index (Phi) is 5.72. The second kappa shape index (κ2) is 6.00. The van der Waals surface area contributed by atoms with Crippen LogP contribution in [-0.2, 0) is 4.79 Å². The molecule has 72 valence electrons. The van der Waals surface area contributed by atoms with Gasteiger partial charge in [-0.25, -0.2) is 0 Å². The third-order valence-electron chi connectivity index (χ3n) is 1.79. The summed E-state index contributed by atoms with van der Waals surface area (Å²) < 4.78 is 0. The van der Waals surface area contributed by atoms with Crippen LogP contribution in [0.1, 0.15) is 27.2 Å². The highest BCUT2D eigenvalue weighted by Crippen LogP contribution is 2.13. The minimum atomic E-state index is -0.833. The molecule has 3 nitrogen and oxygen atoms in total. The molecule has 1 saturated heterocycles. The smallest absolute Gasteiger partial charge is 0.300 e. The summed E-state index contributed by atoms with van der Waals surface area (Å²) in [6, 6.07) is 0. The molecule has 3 heteroatoms. The monoisotopic (exact) mass is 173 g/mol. The van der Waals surface area contributed by atoms with E-state index in [1.807, 2.05) is 0 Å². The van der Waals surface area contributed by atoms with Gasteiger partial charge in [-0.3, -0.25) is 4.79 Å². The van der Waals surface area contributed by atoms with Gasteiger partial charge in [0.2, 0.25) is 0 Å². The van der Waals surface area contributed by atoms with Crippen molar-refractivity contribution in [3.8, 4) is 0 Å². The largest absolute Gasteiger partial charge is 0.481 e. The number of carbonyl (C=O) groups is 1. The van der Waals surface area contributed by atoms with Gasteiger partial charge in [0, 0.05) is 6.92 Å². The lowest BCUT2D eigenvalue weighted by Crippen LogP contribution is -2.33. The Balaban J connectivity index is 0.000000261. The first-order chi connectivity index (χ1) is 5.52. The summed E-state index contributed by atoms with van der Waals surface area (Å²) in [5.41, 5.74) is 0. The van der Waals surface area contributed by atoms with Gasteiger partial charge < -0.3 is 10.4 Å². The molecule has 0 amide bonds. The number of nitrogens with one attached hydrogen (secondary N) is 1. The summed E-state index contributed by atoms with van der Waals surface area (Å²) >= 11 is 0. The molecule has 1 rings (SSSR count). The Hall–Kier alpha value is -0.570. The van der Waals surface area contributed by atoms with Crippen molar-refractivity contribution < 1.29 is 9.90 Å². The van der Waals surface area contributed by atoms with Crippen LogP contribution in [0.4, 0.5) is 0 Å². The third kappa shape index (κ3) is 7.54. The molecular formula is C9H19NO2. The zero-order valence-corrected chi connectivity index (χ0v) is 8.13. The summed E-state index contributed by atoms with van der Waals surface area (Å²) in [5, 5.41) is 10.8. The fourth-order valence-corrected chi connectivity index (χ4v) is 1.43. The molecule has 0 saturated carbocycles. The van der Waals surface area contributed by atoms with Gasteiger partial charge in [0.25, 0.3) is 5.97 Å². The van der Waals surface area contributed by atoms with E-state index in [1.54, 1.807) is 0 Å². The molecule has 12 heavy (non-hydrogen) atoms. The van der Waals surface area contributed by atoms with E-state index in [-0.39, 0.29) is 0 Å². The predicted molar refractivity (Wildman–Crippen MR) is 49.1 cm³/mol. The van der Waals surface area contributed by atoms with E-state index in [1.165, 1.54) is 19.5 Å². The van der Waals surface area contributed by atoms with E-state index in [2.05, 4.69) is 19.2 Å². The van der Waals surface area contributed by atoms with Crippen molar-refractivity contribution in [1.29, 1.82) is 0 Å². The maximum Gasteiger partial charge on any atom is 0.300 e. The zero-order chi connectivity index (χ0) is 9.56. The van der Waals surface area contributed by atoms with Crippen molar-refractivity contribution >= 4 is 5.97 Å². The standard InChI is InChI=1S/C7H15N.C2H4O2/c1-6-3-7(2)5-8-4-6;1-2(3)4/h6-8H,3-5H2,1-2H3;1H3,(H,3,4). The topological polar surface area (TPSA) is 49.3 Å². The molecule has 0 bridgehead atoms. The predicted octanol–water partition coefficient (Wildman–Crippen LogP) is 1.34. The number of hydrogen-bond donors (Lipinski definition) is 2. The van der Waals surface area contributed by atoms with Crippen LogP contribution in [-0.4, -0.2) is 24.2 Å². The quantitative estimate of drug-likeness (QED) is 0.581. The van der Waals surface area contributed by atoms with Crippen molar-refractivity contribution in [2.24, 2.45) is 11.8 Å². The summed E-state index contributed by atoms with van der Waals surface area (Å²) in [5.74, 6) is 0.970. The highest BCUT2D eigenvalue weighted by molar-refractivity contribution is 5.62. The molecule has 1 aliphatic rings. The Morgan fingerprint density at radius 2 is 1.67 bits per heavy atom. The summed E-state index contributed by atoms with van der Waals surface area (Å²) in [6.45, 7) is 8.15. The Bertz CT molecular complexity index is 124. The van der Waals surface area contributed by atoms with Crippen LogP contribution in [0.15, 0.2) is 0 Å². The van der Waals surface area contributed by atoms with E-state index >= 15 is 0 Å². The molecule has 0 aliphatic carbocycles. The number of rotatable bonds is 0. The molecule has 2 unspecified atom stereocenters. The highest BCUT2D eigenvalue weighted by atomic mass is 16.4. The summed E-state index contributed by atoms with van der Waals surface area (Å²) in [6.07, 6.45) is 1.41. The van der Waals surface area contributed by atoms with Gasteiger partial charge in [-0.15, -0.1) is 0 Å². The van der Waals surface area contributed by atoms with Gasteiger partial charge in [-0.2, -0.15) is 0 Å². The van der Waals surface area contributed by atoms with E-state index < -0.39 is 5.97 Å². The molecule has 2 N–H and O–H groups in total. The second-order valence-electron chi connectivity index (χ2n) is 3.62. The van der Waals surface area contributed by atoms with Crippen LogP contribution in [0.2, 0.25) is 0 Å². The van der Waals surface area contributed by atoms with Crippen LogP contribution in [0.25, 0.3) is 0 Å². The van der Waals surface area contributed by atoms with Gasteiger partial charge in [-0.05, 0) is 31.3 Å². The number of aliphatic carboxylic acids is 1. The van der Waals surface area contributed by atoms with E-state index in [0.29, 0.717) is 0 Å². The van der Waals surface area contributed by atoms with Crippen molar-refractivity contribution in [2.75, 3.05) is 13.1 Å². The minimum absolute atomic E-state index is 0.833. The average Bonchev–Trinajstić information content (AvgIpc) is 1.84. The fraction of sp³-hybridized carbons (Fsp3) is 0.889. The van der Waals surface area contributed by atoms with Crippen molar-refractivity contribution in [1.82, 2.24) is 5.32 Å². The molecular weight excluding hydrogens is 154 g/mol. The normalized spacial score (nSPS) is 28.6. The van der Waals surface area contributed by atoms with Crippen LogP contribution in [0.5, 0.6) is 0 Å². The summed E-state index contributed by atoms with van der Waals surface area (Å²) in [4.78, 5) is 9.00. The van der Waals surface area contributed by atoms with Gasteiger partial charge in [0.15, 0.2) is 0 Å². The third-order valence-corrected chi connectivity index (χ3v) is 1.79. The minimum Gasteiger partial charge on any atom is -0.481 e. The van der Waals surface area contributed by atoms with Gasteiger partial charge in [-0.1, -0.05) is 13.8 Å². The Morgan fingerprint density at radius 3 is 1.83 bits per heavy atom. The number of carboxylic acid groups (broad SMARTS) is 1. The lowest BCUT2D eigenvalue weighted by Gasteiger charge is -2.24. The Labute approximate surface area is 74.2 Å². The van der Waals surface area contributed by atoms with Crippen LogP contribution in [0.3, 0.4) is 0 Å². The maximum absolute atomic E-state index is 9.00. The molecule has 0 aromatic rings. The molecule has 2 atom stereocenters. The second-order valence-corrected chi connectivity index (χ2v) is 3.62. The highest BCUT2D eigenvalue weighted by Gasteiger charge is 2.12. The van der Waals surface area contributed by atoms with E-state index in [9.17, 15) is 0 Å². The molecule has 0 radical (unpaired) electrons. The van der Waals surface area contributed by atoms with E-state index in [4.69, 9.17) is 9.90 Å². The molecule has 1 heterocycles. The van der Waals surface area contributed by atoms with Gasteiger partial charge in [0.1, 0.15) is 0 Å². The first-order valence-corrected chi connectivity index (χ1v) is 4.42. The maximum atomic E-state index is 9.00. The molecule has 1 fully saturated rings. The molecule has 0 aromatic carbocycles. The number of carboxylic acids is 1. The van der Waals surface area contributed by atoms with Crippen LogP contribution in [0, 0.1) is 11.8 Å². The first-order valence-electron chi connectivity index (χ1n) is 4.42. The van der Waals surface area contributed by atoms with Crippen LogP contribution >= 0.6 is 0 Å². The lowest BCUT2D eigenvalue weighted by atomic mass is 9.94. The number of hydrogen-bond acceptors (Lipinski definition) is 2. The summed E-state index contributed by atoms with van der Waals surface area (Å²) in [7, 11) is 0. The van der Waals surface area contributed by atoms with Crippen LogP contribution < -0.4 is 5.32 Å². The van der Waals surface area contributed by atoms with Crippen molar-refractivity contribution in [3.05, 3.63) is 0 Å².